The van der Waals surface area contributed by atoms with Crippen molar-refractivity contribution >= 4 is 0 Å². The summed E-state index contributed by atoms with van der Waals surface area (Å²) in [5.41, 5.74) is 2.65. The molecule has 0 saturated heterocycles. The average Bonchev–Trinajstić information content (AvgIpc) is 2.52. The van der Waals surface area contributed by atoms with E-state index in [0.29, 0.717) is 18.6 Å². The predicted molar refractivity (Wildman–Crippen MR) is 88.9 cm³/mol. The van der Waals surface area contributed by atoms with Gasteiger partial charge in [-0.05, 0) is 36.1 Å². The van der Waals surface area contributed by atoms with Gasteiger partial charge in [-0.25, -0.2) is 0 Å². The molecule has 2 rings (SSSR count). The Morgan fingerprint density at radius 1 is 0.857 bits per heavy atom. The molecule has 0 aliphatic rings. The molecule has 0 spiro atoms. The van der Waals surface area contributed by atoms with Gasteiger partial charge in [-0.2, -0.15) is 0 Å². The van der Waals surface area contributed by atoms with Crippen LogP contribution in [0.4, 0.5) is 0 Å². The van der Waals surface area contributed by atoms with Gasteiger partial charge in [0.1, 0.15) is 12.4 Å². The van der Waals surface area contributed by atoms with E-state index in [9.17, 15) is 0 Å². The fourth-order valence-corrected chi connectivity index (χ4v) is 2.25. The first-order chi connectivity index (χ1) is 10.2. The van der Waals surface area contributed by atoms with Crippen molar-refractivity contribution in [2.75, 3.05) is 13.2 Å². The highest BCUT2D eigenvalue weighted by atomic mass is 16.5. The van der Waals surface area contributed by atoms with Gasteiger partial charge in [0.05, 0.1) is 0 Å². The van der Waals surface area contributed by atoms with Crippen LogP contribution in [0.1, 0.15) is 43.9 Å². The van der Waals surface area contributed by atoms with Crippen LogP contribution in [0.25, 0.3) is 0 Å². The summed E-state index contributed by atoms with van der Waals surface area (Å²) < 4.78 is 5.76. The van der Waals surface area contributed by atoms with Crippen molar-refractivity contribution in [2.24, 2.45) is 0 Å². The maximum absolute atomic E-state index is 5.76. The van der Waals surface area contributed by atoms with Gasteiger partial charge in [-0.3, -0.25) is 0 Å². The van der Waals surface area contributed by atoms with Crippen LogP contribution in [-0.2, 0) is 0 Å². The van der Waals surface area contributed by atoms with Crippen molar-refractivity contribution in [3.63, 3.8) is 0 Å². The number of hydrogen-bond acceptors (Lipinski definition) is 2. The maximum atomic E-state index is 5.76. The minimum atomic E-state index is 0.345. The molecule has 2 aromatic carbocycles. The summed E-state index contributed by atoms with van der Waals surface area (Å²) in [6, 6.07) is 19.2. The van der Waals surface area contributed by atoms with Crippen LogP contribution in [0.2, 0.25) is 0 Å². The highest BCUT2D eigenvalue weighted by molar-refractivity contribution is 5.28. The molecule has 0 saturated carbocycles. The quantitative estimate of drug-likeness (QED) is 0.753. The molecule has 1 atom stereocenters. The smallest absolute Gasteiger partial charge is 0.119 e. The molecule has 0 heterocycles. The monoisotopic (exact) mass is 283 g/mol. The highest BCUT2D eigenvalue weighted by Crippen LogP contribution is 2.18. The summed E-state index contributed by atoms with van der Waals surface area (Å²) in [6.07, 6.45) is 0. The molecule has 0 aliphatic carbocycles. The number of hydrogen-bond donors (Lipinski definition) is 1. The van der Waals surface area contributed by atoms with Crippen LogP contribution in [0.5, 0.6) is 5.75 Å². The van der Waals surface area contributed by atoms with E-state index < -0.39 is 0 Å². The van der Waals surface area contributed by atoms with E-state index >= 15 is 0 Å². The number of ether oxygens (including phenoxy) is 1. The number of nitrogens with one attached hydrogen (secondary N) is 1. The summed E-state index contributed by atoms with van der Waals surface area (Å²) in [5.74, 6) is 1.50. The predicted octanol–water partition coefficient (Wildman–Crippen LogP) is 4.54. The molecule has 21 heavy (non-hydrogen) atoms. The fraction of sp³-hybridized carbons (Fsp3) is 0.368. The van der Waals surface area contributed by atoms with Crippen LogP contribution < -0.4 is 10.1 Å². The van der Waals surface area contributed by atoms with Crippen molar-refractivity contribution in [3.05, 3.63) is 65.7 Å². The Kier molecular flexibility index (Phi) is 5.82. The molecule has 0 radical (unpaired) electrons. The Balaban J connectivity index is 1.72. The Labute approximate surface area is 128 Å². The third kappa shape index (κ3) is 4.91. The Morgan fingerprint density at radius 2 is 1.52 bits per heavy atom. The van der Waals surface area contributed by atoms with Crippen LogP contribution in [-0.4, -0.2) is 13.2 Å². The van der Waals surface area contributed by atoms with Crippen molar-refractivity contribution in [1.82, 2.24) is 5.32 Å². The molecule has 0 aromatic heterocycles. The summed E-state index contributed by atoms with van der Waals surface area (Å²) in [7, 11) is 0. The van der Waals surface area contributed by atoms with Crippen LogP contribution >= 0.6 is 0 Å². The van der Waals surface area contributed by atoms with Crippen molar-refractivity contribution in [1.29, 1.82) is 0 Å². The summed E-state index contributed by atoms with van der Waals surface area (Å²) >= 11 is 0. The van der Waals surface area contributed by atoms with E-state index in [1.54, 1.807) is 0 Å². The molecule has 2 nitrogen and oxygen atoms in total. The Hall–Kier alpha value is -1.80. The minimum Gasteiger partial charge on any atom is -0.492 e. The van der Waals surface area contributed by atoms with E-state index in [4.69, 9.17) is 4.74 Å². The zero-order valence-corrected chi connectivity index (χ0v) is 13.2. The van der Waals surface area contributed by atoms with Crippen LogP contribution in [0, 0.1) is 0 Å². The van der Waals surface area contributed by atoms with Gasteiger partial charge in [-0.15, -0.1) is 0 Å². The van der Waals surface area contributed by atoms with E-state index in [1.807, 2.05) is 6.07 Å². The second-order valence-corrected chi connectivity index (χ2v) is 5.66. The van der Waals surface area contributed by atoms with Gasteiger partial charge in [0.25, 0.3) is 0 Å². The van der Waals surface area contributed by atoms with Gasteiger partial charge < -0.3 is 10.1 Å². The normalized spacial score (nSPS) is 12.4. The topological polar surface area (TPSA) is 21.3 Å². The first-order valence-electron chi connectivity index (χ1n) is 7.68. The lowest BCUT2D eigenvalue weighted by Gasteiger charge is -2.15. The molecule has 2 heteroatoms. The van der Waals surface area contributed by atoms with Gasteiger partial charge in [0.15, 0.2) is 0 Å². The van der Waals surface area contributed by atoms with E-state index in [0.717, 1.165) is 12.3 Å². The molecule has 1 N–H and O–H groups in total. The van der Waals surface area contributed by atoms with Gasteiger partial charge >= 0.3 is 0 Å². The first-order valence-corrected chi connectivity index (χ1v) is 7.68. The maximum Gasteiger partial charge on any atom is 0.119 e. The van der Waals surface area contributed by atoms with Gasteiger partial charge in [0, 0.05) is 12.6 Å². The van der Waals surface area contributed by atoms with Crippen molar-refractivity contribution < 1.29 is 4.74 Å². The lowest BCUT2D eigenvalue weighted by atomic mass is 10.0. The SMILES string of the molecule is CC(C)c1ccc(OCCNC(C)c2ccccc2)cc1. The molecule has 0 aliphatic heterocycles. The second-order valence-electron chi connectivity index (χ2n) is 5.66. The lowest BCUT2D eigenvalue weighted by molar-refractivity contribution is 0.307. The lowest BCUT2D eigenvalue weighted by Crippen LogP contribution is -2.24. The van der Waals surface area contributed by atoms with Gasteiger partial charge in [-0.1, -0.05) is 56.3 Å². The molecular formula is C19H25NO. The minimum absolute atomic E-state index is 0.345. The first kappa shape index (κ1) is 15.6. The summed E-state index contributed by atoms with van der Waals surface area (Å²) in [4.78, 5) is 0. The largest absolute Gasteiger partial charge is 0.492 e. The van der Waals surface area contributed by atoms with E-state index in [1.165, 1.54) is 11.1 Å². The summed E-state index contributed by atoms with van der Waals surface area (Å²) in [6.45, 7) is 8.09. The van der Waals surface area contributed by atoms with Crippen LogP contribution in [0.3, 0.4) is 0 Å². The van der Waals surface area contributed by atoms with Gasteiger partial charge in [0.2, 0.25) is 0 Å². The molecule has 0 amide bonds. The molecule has 0 fully saturated rings. The Morgan fingerprint density at radius 3 is 2.14 bits per heavy atom. The Bertz CT molecular complexity index is 519. The molecule has 0 bridgehead atoms. The fourth-order valence-electron chi connectivity index (χ4n) is 2.25. The van der Waals surface area contributed by atoms with E-state index in [2.05, 4.69) is 74.6 Å². The molecule has 1 unspecified atom stereocenters. The van der Waals surface area contributed by atoms with Crippen molar-refractivity contribution in [2.45, 2.75) is 32.7 Å². The average molecular weight is 283 g/mol. The molecular weight excluding hydrogens is 258 g/mol. The summed E-state index contributed by atoms with van der Waals surface area (Å²) in [5, 5.41) is 3.47. The second kappa shape index (κ2) is 7.84. The molecule has 2 aromatic rings. The third-order valence-electron chi connectivity index (χ3n) is 3.67. The zero-order chi connectivity index (χ0) is 15.1. The zero-order valence-electron chi connectivity index (χ0n) is 13.2. The highest BCUT2D eigenvalue weighted by Gasteiger charge is 2.03. The standard InChI is InChI=1S/C19H25NO/c1-15(2)17-9-11-19(12-10-17)21-14-13-20-16(3)18-7-5-4-6-8-18/h4-12,15-16,20H,13-14H2,1-3H3. The van der Waals surface area contributed by atoms with Crippen molar-refractivity contribution in [3.8, 4) is 5.75 Å². The number of rotatable bonds is 7. The third-order valence-corrected chi connectivity index (χ3v) is 3.67. The van der Waals surface area contributed by atoms with E-state index in [-0.39, 0.29) is 0 Å². The molecule has 112 valence electrons. The van der Waals surface area contributed by atoms with Crippen LogP contribution in [0.15, 0.2) is 54.6 Å². The number of benzene rings is 2.